The first-order valence-corrected chi connectivity index (χ1v) is 13.0. The van der Waals surface area contributed by atoms with E-state index in [1.807, 2.05) is 12.3 Å². The lowest BCUT2D eigenvalue weighted by molar-refractivity contribution is -0.137. The summed E-state index contributed by atoms with van der Waals surface area (Å²) in [5, 5.41) is 24.1. The molecule has 3 aromatic rings. The van der Waals surface area contributed by atoms with Gasteiger partial charge in [-0.05, 0) is 50.8 Å². The number of alkyl halides is 3. The van der Waals surface area contributed by atoms with Gasteiger partial charge in [0.1, 0.15) is 10.6 Å². The molecule has 2 aromatic heterocycles. The molecule has 1 saturated heterocycles. The van der Waals surface area contributed by atoms with Crippen LogP contribution in [-0.4, -0.2) is 62.4 Å². The summed E-state index contributed by atoms with van der Waals surface area (Å²) < 4.78 is 41.1. The number of rotatable bonds is 7. The van der Waals surface area contributed by atoms with E-state index in [2.05, 4.69) is 25.6 Å². The summed E-state index contributed by atoms with van der Waals surface area (Å²) in [6.45, 7) is 3.76. The molecule has 5 rings (SSSR count). The zero-order chi connectivity index (χ0) is 25.5. The van der Waals surface area contributed by atoms with E-state index in [0.29, 0.717) is 36.3 Å². The summed E-state index contributed by atoms with van der Waals surface area (Å²) in [6.07, 6.45) is 0.384. The van der Waals surface area contributed by atoms with Gasteiger partial charge in [0.2, 0.25) is 5.91 Å². The number of carbonyl (C=O) groups is 1. The van der Waals surface area contributed by atoms with Gasteiger partial charge in [0.15, 0.2) is 5.82 Å². The minimum Gasteiger partial charge on any atom is -0.383 e. The third-order valence-electron chi connectivity index (χ3n) is 7.20. The van der Waals surface area contributed by atoms with Crippen molar-refractivity contribution in [3.8, 4) is 0 Å². The van der Waals surface area contributed by atoms with E-state index in [9.17, 15) is 23.1 Å². The fraction of sp³-hybridized carbons (Fsp3) is 0.542. The van der Waals surface area contributed by atoms with E-state index < -0.39 is 17.3 Å². The van der Waals surface area contributed by atoms with Crippen LogP contribution in [0.2, 0.25) is 0 Å². The van der Waals surface area contributed by atoms with E-state index in [4.69, 9.17) is 0 Å². The van der Waals surface area contributed by atoms with Crippen molar-refractivity contribution in [1.82, 2.24) is 25.0 Å². The molecule has 0 bridgehead atoms. The highest BCUT2D eigenvalue weighted by molar-refractivity contribution is 7.09. The molecular formula is C24H29F3N6O2S. The molecule has 0 atom stereocenters. The van der Waals surface area contributed by atoms with Gasteiger partial charge in [0.25, 0.3) is 0 Å². The molecule has 2 fully saturated rings. The molecule has 1 aliphatic carbocycles. The molecule has 1 aliphatic heterocycles. The van der Waals surface area contributed by atoms with Crippen LogP contribution < -0.4 is 10.6 Å². The molecule has 1 aromatic carbocycles. The Morgan fingerprint density at radius 3 is 2.67 bits per heavy atom. The second-order valence-corrected chi connectivity index (χ2v) is 10.5. The molecule has 0 unspecified atom stereocenters. The van der Waals surface area contributed by atoms with Gasteiger partial charge < -0.3 is 15.7 Å². The van der Waals surface area contributed by atoms with E-state index in [0.717, 1.165) is 43.1 Å². The largest absolute Gasteiger partial charge is 0.416 e. The number of benzene rings is 1. The van der Waals surface area contributed by atoms with Crippen LogP contribution in [0.3, 0.4) is 0 Å². The molecule has 8 nitrogen and oxygen atoms in total. The van der Waals surface area contributed by atoms with Crippen molar-refractivity contribution in [3.63, 3.8) is 0 Å². The number of anilines is 1. The number of aliphatic hydroxyl groups is 1. The Kier molecular flexibility index (Phi) is 6.69. The van der Waals surface area contributed by atoms with Gasteiger partial charge in [0.05, 0.1) is 23.7 Å². The third-order valence-corrected chi connectivity index (χ3v) is 8.16. The van der Waals surface area contributed by atoms with Crippen LogP contribution in [0.25, 0.3) is 10.9 Å². The minimum atomic E-state index is -4.45. The van der Waals surface area contributed by atoms with Crippen molar-refractivity contribution in [2.45, 2.75) is 63.0 Å². The second kappa shape index (κ2) is 9.64. The average molecular weight is 523 g/mol. The van der Waals surface area contributed by atoms with Crippen LogP contribution in [0, 0.1) is 0 Å². The predicted octanol–water partition coefficient (Wildman–Crippen LogP) is 3.57. The first kappa shape index (κ1) is 25.0. The number of thiazole rings is 1. The fourth-order valence-corrected chi connectivity index (χ4v) is 5.98. The summed E-state index contributed by atoms with van der Waals surface area (Å²) in [7, 11) is 0. The lowest BCUT2D eigenvalue weighted by Gasteiger charge is -2.47. The van der Waals surface area contributed by atoms with E-state index in [1.165, 1.54) is 17.4 Å². The van der Waals surface area contributed by atoms with Crippen LogP contribution in [0.15, 0.2) is 29.8 Å². The topological polar surface area (TPSA) is 95.3 Å². The van der Waals surface area contributed by atoms with Crippen molar-refractivity contribution in [2.75, 3.05) is 25.0 Å². The van der Waals surface area contributed by atoms with E-state index in [-0.39, 0.29) is 24.3 Å². The monoisotopic (exact) mass is 522 g/mol. The molecule has 3 heterocycles. The van der Waals surface area contributed by atoms with E-state index in [1.54, 1.807) is 10.9 Å². The number of likely N-dealkylation sites (tertiary alicyclic amines) is 1. The Bertz CT molecular complexity index is 1210. The van der Waals surface area contributed by atoms with Crippen molar-refractivity contribution >= 4 is 34.0 Å². The molecule has 3 N–H and O–H groups in total. The number of carbonyl (C=O) groups excluding carboxylic acids is 1. The summed E-state index contributed by atoms with van der Waals surface area (Å²) >= 11 is 1.49. The maximum Gasteiger partial charge on any atom is 0.416 e. The Hall–Kier alpha value is -2.70. The molecule has 0 spiro atoms. The smallest absolute Gasteiger partial charge is 0.383 e. The maximum absolute atomic E-state index is 13.2. The molecule has 12 heteroatoms. The van der Waals surface area contributed by atoms with Crippen molar-refractivity contribution in [1.29, 1.82) is 0 Å². The number of nitrogens with zero attached hydrogens (tertiary/aromatic N) is 4. The van der Waals surface area contributed by atoms with Crippen molar-refractivity contribution in [2.24, 2.45) is 0 Å². The van der Waals surface area contributed by atoms with Gasteiger partial charge in [-0.1, -0.05) is 0 Å². The standard InChI is InChI=1S/C24H29F3N6O2S/c1-2-33-19-4-3-15(24(25,26)27)11-18(19)21(31-33)29-12-20(34)30-16-13-32(14-16)17-5-7-23(35,8-6-17)22-28-9-10-36-22/h3-4,9-11,16-17,35H,2,5-8,12-14H2,1H3,(H,29,31)(H,30,34). The van der Waals surface area contributed by atoms with Crippen LogP contribution in [0.5, 0.6) is 0 Å². The van der Waals surface area contributed by atoms with Crippen molar-refractivity contribution in [3.05, 3.63) is 40.3 Å². The van der Waals surface area contributed by atoms with Gasteiger partial charge in [-0.3, -0.25) is 14.4 Å². The van der Waals surface area contributed by atoms with Gasteiger partial charge in [-0.15, -0.1) is 11.3 Å². The Morgan fingerprint density at radius 1 is 1.28 bits per heavy atom. The zero-order valence-electron chi connectivity index (χ0n) is 19.9. The SMILES string of the molecule is CCn1nc(NCC(=O)NC2CN(C3CCC(O)(c4nccs4)CC3)C2)c2cc(C(F)(F)F)ccc21. The molecule has 1 amide bonds. The number of hydrogen-bond acceptors (Lipinski definition) is 7. The summed E-state index contributed by atoms with van der Waals surface area (Å²) in [5.74, 6) is 0.0332. The molecule has 0 radical (unpaired) electrons. The van der Waals surface area contributed by atoms with Crippen LogP contribution >= 0.6 is 11.3 Å². The highest BCUT2D eigenvalue weighted by Crippen LogP contribution is 2.40. The van der Waals surface area contributed by atoms with Gasteiger partial charge in [-0.25, -0.2) is 4.98 Å². The number of amides is 1. The Labute approximate surface area is 210 Å². The summed E-state index contributed by atoms with van der Waals surface area (Å²) in [4.78, 5) is 19.1. The van der Waals surface area contributed by atoms with Crippen LogP contribution in [0.4, 0.5) is 19.0 Å². The first-order chi connectivity index (χ1) is 17.2. The quantitative estimate of drug-likeness (QED) is 0.439. The average Bonchev–Trinajstić information content (AvgIpc) is 3.48. The number of fused-ring (bicyclic) bond motifs is 1. The number of halogens is 3. The fourth-order valence-electron chi connectivity index (χ4n) is 5.18. The lowest BCUT2D eigenvalue weighted by Crippen LogP contribution is -2.63. The third kappa shape index (κ3) is 4.94. The lowest BCUT2D eigenvalue weighted by atomic mass is 9.81. The molecule has 194 valence electrons. The van der Waals surface area contributed by atoms with Gasteiger partial charge in [0, 0.05) is 42.6 Å². The van der Waals surface area contributed by atoms with E-state index >= 15 is 0 Å². The second-order valence-electron chi connectivity index (χ2n) is 9.57. The van der Waals surface area contributed by atoms with Gasteiger partial charge in [-0.2, -0.15) is 18.3 Å². The van der Waals surface area contributed by atoms with Gasteiger partial charge >= 0.3 is 6.18 Å². The number of aromatic nitrogens is 3. The van der Waals surface area contributed by atoms with Crippen LogP contribution in [-0.2, 0) is 23.1 Å². The maximum atomic E-state index is 13.2. The summed E-state index contributed by atoms with van der Waals surface area (Å²) in [5.41, 5.74) is -0.997. The highest BCUT2D eigenvalue weighted by atomic mass is 32.1. The molecule has 2 aliphatic rings. The molecule has 1 saturated carbocycles. The number of hydrogen-bond donors (Lipinski definition) is 3. The first-order valence-electron chi connectivity index (χ1n) is 12.1. The highest BCUT2D eigenvalue weighted by Gasteiger charge is 2.41. The predicted molar refractivity (Wildman–Crippen MR) is 131 cm³/mol. The number of aryl methyl sites for hydroxylation is 1. The molecular weight excluding hydrogens is 493 g/mol. The zero-order valence-corrected chi connectivity index (χ0v) is 20.7. The van der Waals surface area contributed by atoms with Crippen LogP contribution in [0.1, 0.15) is 43.2 Å². The Morgan fingerprint density at radius 2 is 2.03 bits per heavy atom. The normalized spacial score (nSPS) is 23.5. The minimum absolute atomic E-state index is 0.0286. The molecule has 36 heavy (non-hydrogen) atoms. The number of nitrogens with one attached hydrogen (secondary N) is 2. The van der Waals surface area contributed by atoms with Crippen molar-refractivity contribution < 1.29 is 23.1 Å². The summed E-state index contributed by atoms with van der Waals surface area (Å²) in [6, 6.07) is 3.93. The Balaban J connectivity index is 1.11.